The first-order valence-corrected chi connectivity index (χ1v) is 2.68. The van der Waals surface area contributed by atoms with E-state index in [2.05, 4.69) is 6.92 Å². The number of nitrogens with zero attached hydrogens (tertiary/aromatic N) is 1. The summed E-state index contributed by atoms with van der Waals surface area (Å²) in [7, 11) is 1.87. The topological polar surface area (TPSA) is 22.0 Å². The Morgan fingerprint density at radius 1 is 1.78 bits per heavy atom. The lowest BCUT2D eigenvalue weighted by atomic mass is 10.2. The van der Waals surface area contributed by atoms with Gasteiger partial charge in [0.25, 0.3) is 0 Å². The van der Waals surface area contributed by atoms with Crippen LogP contribution < -0.4 is 0 Å². The fourth-order valence-electron chi connectivity index (χ4n) is 0.668. The highest BCUT2D eigenvalue weighted by Gasteiger charge is 1.97. The molecule has 1 aromatic rings. The van der Waals surface area contributed by atoms with Crippen molar-refractivity contribution in [2.75, 3.05) is 0 Å². The number of carbonyl (C=O) groups is 1. The monoisotopic (exact) mass is 122 g/mol. The molecule has 0 saturated heterocycles. The molecule has 0 aliphatic rings. The molecule has 0 atom stereocenters. The molecule has 2 nitrogen and oxygen atoms in total. The average Bonchev–Trinajstić information content (AvgIpc) is 2.14. The Morgan fingerprint density at radius 3 is 2.67 bits per heavy atom. The van der Waals surface area contributed by atoms with Crippen LogP contribution in [0.5, 0.6) is 0 Å². The smallest absolute Gasteiger partial charge is 0.164 e. The van der Waals surface area contributed by atoms with Crippen molar-refractivity contribution in [2.24, 2.45) is 7.05 Å². The predicted molar refractivity (Wildman–Crippen MR) is 35.1 cm³/mol. The summed E-state index contributed by atoms with van der Waals surface area (Å²) >= 11 is 0. The Balaban J connectivity index is 2.98. The van der Waals surface area contributed by atoms with Gasteiger partial charge in [-0.1, -0.05) is 0 Å². The summed E-state index contributed by atoms with van der Waals surface area (Å²) in [5.74, 6) is -0.129. The number of Topliss-reactive ketones (excluding diaryl/α,β-unsaturated/α-hetero) is 1. The van der Waals surface area contributed by atoms with Crippen LogP contribution in [0, 0.1) is 6.92 Å². The molecule has 0 bridgehead atoms. The minimum Gasteiger partial charge on any atom is -0.357 e. The molecule has 1 rings (SSSR count). The highest BCUT2D eigenvalue weighted by atomic mass is 16.1. The van der Waals surface area contributed by atoms with Crippen LogP contribution in [0.1, 0.15) is 10.4 Å². The molecule has 47 valence electrons. The number of ketones is 1. The van der Waals surface area contributed by atoms with Crippen LogP contribution in [0.4, 0.5) is 0 Å². The van der Waals surface area contributed by atoms with E-state index in [0.717, 1.165) is 0 Å². The first-order valence-electron chi connectivity index (χ1n) is 2.68. The van der Waals surface area contributed by atoms with Gasteiger partial charge in [-0.2, -0.15) is 0 Å². The number of aryl methyl sites for hydroxylation is 1. The highest BCUT2D eigenvalue weighted by molar-refractivity contribution is 5.99. The zero-order valence-corrected chi connectivity index (χ0v) is 5.29. The van der Waals surface area contributed by atoms with E-state index in [9.17, 15) is 4.79 Å². The van der Waals surface area contributed by atoms with E-state index in [0.29, 0.717) is 5.56 Å². The zero-order valence-electron chi connectivity index (χ0n) is 5.29. The van der Waals surface area contributed by atoms with Gasteiger partial charge in [0, 0.05) is 31.9 Å². The van der Waals surface area contributed by atoms with Gasteiger partial charge >= 0.3 is 0 Å². The number of hydrogen-bond donors (Lipinski definition) is 0. The zero-order chi connectivity index (χ0) is 6.85. The van der Waals surface area contributed by atoms with Crippen molar-refractivity contribution < 1.29 is 4.79 Å². The molecule has 9 heavy (non-hydrogen) atoms. The second-order valence-electron chi connectivity index (χ2n) is 1.99. The maximum Gasteiger partial charge on any atom is 0.164 e. The fourth-order valence-corrected chi connectivity index (χ4v) is 0.668. The molecule has 0 amide bonds. The maximum atomic E-state index is 10.5. The van der Waals surface area contributed by atoms with Crippen LogP contribution in [-0.4, -0.2) is 10.4 Å². The van der Waals surface area contributed by atoms with Gasteiger partial charge < -0.3 is 4.57 Å². The van der Waals surface area contributed by atoms with E-state index in [4.69, 9.17) is 0 Å². The summed E-state index contributed by atoms with van der Waals surface area (Å²) in [5.41, 5.74) is 0.664. The van der Waals surface area contributed by atoms with Gasteiger partial charge in [0.05, 0.1) is 0 Å². The number of aromatic nitrogens is 1. The van der Waals surface area contributed by atoms with Crippen molar-refractivity contribution in [1.29, 1.82) is 0 Å². The molecule has 2 heteroatoms. The molecular formula is C7H8NO. The van der Waals surface area contributed by atoms with Gasteiger partial charge in [0.15, 0.2) is 5.78 Å². The molecule has 1 heterocycles. The maximum absolute atomic E-state index is 10.5. The molecule has 0 N–H and O–H groups in total. The second-order valence-corrected chi connectivity index (χ2v) is 1.99. The van der Waals surface area contributed by atoms with Gasteiger partial charge in [-0.3, -0.25) is 4.79 Å². The van der Waals surface area contributed by atoms with Crippen molar-refractivity contribution in [3.8, 4) is 0 Å². The van der Waals surface area contributed by atoms with Crippen LogP contribution in [0.2, 0.25) is 0 Å². The van der Waals surface area contributed by atoms with Gasteiger partial charge in [0.1, 0.15) is 0 Å². The van der Waals surface area contributed by atoms with E-state index in [-0.39, 0.29) is 5.78 Å². The number of carbonyl (C=O) groups excluding carboxylic acids is 1. The van der Waals surface area contributed by atoms with E-state index < -0.39 is 0 Å². The van der Waals surface area contributed by atoms with Crippen molar-refractivity contribution in [1.82, 2.24) is 4.57 Å². The summed E-state index contributed by atoms with van der Waals surface area (Å²) in [6.45, 7) is 3.27. The normalized spacial score (nSPS) is 9.56. The summed E-state index contributed by atoms with van der Waals surface area (Å²) in [5, 5.41) is 0. The molecule has 0 aromatic carbocycles. The van der Waals surface area contributed by atoms with Crippen LogP contribution in [0.3, 0.4) is 0 Å². The van der Waals surface area contributed by atoms with E-state index in [1.165, 1.54) is 0 Å². The lowest BCUT2D eigenvalue weighted by Crippen LogP contribution is -1.88. The Kier molecular flexibility index (Phi) is 1.39. The summed E-state index contributed by atoms with van der Waals surface area (Å²) < 4.78 is 1.82. The van der Waals surface area contributed by atoms with E-state index in [1.807, 2.05) is 17.8 Å². The van der Waals surface area contributed by atoms with Gasteiger partial charge in [-0.15, -0.1) is 0 Å². The summed E-state index contributed by atoms with van der Waals surface area (Å²) in [6, 6.07) is 1.75. The third-order valence-electron chi connectivity index (χ3n) is 1.15. The summed E-state index contributed by atoms with van der Waals surface area (Å²) in [6.07, 6.45) is 3.56. The Bertz CT molecular complexity index is 225. The third kappa shape index (κ3) is 1.19. The lowest BCUT2D eigenvalue weighted by molar-refractivity contribution is 0.104. The molecule has 1 aromatic heterocycles. The summed E-state index contributed by atoms with van der Waals surface area (Å²) in [4.78, 5) is 10.5. The van der Waals surface area contributed by atoms with Crippen LogP contribution >= 0.6 is 0 Å². The molecule has 0 spiro atoms. The van der Waals surface area contributed by atoms with Crippen molar-refractivity contribution in [2.45, 2.75) is 0 Å². The first kappa shape index (κ1) is 6.08. The standard InChI is InChI=1S/C7H8NO/c1-6(9)7-3-4-8(2)5-7/h3-5H,1H2,2H3. The lowest BCUT2D eigenvalue weighted by Gasteiger charge is -1.84. The largest absolute Gasteiger partial charge is 0.357 e. The van der Waals surface area contributed by atoms with Gasteiger partial charge in [-0.05, 0) is 6.07 Å². The van der Waals surface area contributed by atoms with Crippen LogP contribution in [0.15, 0.2) is 18.5 Å². The van der Waals surface area contributed by atoms with Crippen molar-refractivity contribution >= 4 is 5.78 Å². The number of rotatable bonds is 1. The highest BCUT2D eigenvalue weighted by Crippen LogP contribution is 1.98. The molecule has 0 unspecified atom stereocenters. The van der Waals surface area contributed by atoms with Gasteiger partial charge in [-0.25, -0.2) is 0 Å². The van der Waals surface area contributed by atoms with Crippen molar-refractivity contribution in [3.05, 3.63) is 30.9 Å². The minimum atomic E-state index is -0.129. The van der Waals surface area contributed by atoms with E-state index in [1.54, 1.807) is 12.3 Å². The van der Waals surface area contributed by atoms with Crippen LogP contribution in [-0.2, 0) is 7.05 Å². The first-order chi connectivity index (χ1) is 4.20. The Labute approximate surface area is 54.1 Å². The van der Waals surface area contributed by atoms with Crippen LogP contribution in [0.25, 0.3) is 0 Å². The quantitative estimate of drug-likeness (QED) is 0.510. The average molecular weight is 122 g/mol. The van der Waals surface area contributed by atoms with Gasteiger partial charge in [0.2, 0.25) is 0 Å². The van der Waals surface area contributed by atoms with E-state index >= 15 is 0 Å². The second kappa shape index (κ2) is 2.05. The Morgan fingerprint density at radius 2 is 2.44 bits per heavy atom. The molecule has 0 aliphatic carbocycles. The minimum absolute atomic E-state index is 0.129. The fraction of sp³-hybridized carbons (Fsp3) is 0.143. The molecule has 1 radical (unpaired) electrons. The Hall–Kier alpha value is -1.05. The molecule has 0 aliphatic heterocycles. The third-order valence-corrected chi connectivity index (χ3v) is 1.15. The molecule has 0 saturated carbocycles. The molecular weight excluding hydrogens is 114 g/mol. The number of hydrogen-bond acceptors (Lipinski definition) is 1. The molecule has 0 fully saturated rings. The predicted octanol–water partition coefficient (Wildman–Crippen LogP) is 1.04. The van der Waals surface area contributed by atoms with Crippen molar-refractivity contribution in [3.63, 3.8) is 0 Å². The SMILES string of the molecule is [CH2]C(=O)c1ccn(C)c1.